The summed E-state index contributed by atoms with van der Waals surface area (Å²) in [5.41, 5.74) is 0.773. The molecule has 0 unspecified atom stereocenters. The fourth-order valence-corrected chi connectivity index (χ4v) is 3.48. The lowest BCUT2D eigenvalue weighted by Gasteiger charge is -2.08. The van der Waals surface area contributed by atoms with Crippen LogP contribution in [0.2, 0.25) is 0 Å². The van der Waals surface area contributed by atoms with Gasteiger partial charge >= 0.3 is 0 Å². The standard InChI is InChI=1S/C15H14N4OS3/c1-22-11-5-2-4-10(8-11)16-13(20)9-19-14(17-18-15(19)21)12-6-3-7-23-12/h2-8H,9H2,1H3,(H,16,20)(H,18,21). The third-order valence-corrected chi connectivity index (χ3v) is 5.06. The quantitative estimate of drug-likeness (QED) is 0.531. The molecule has 5 nitrogen and oxygen atoms in total. The Balaban J connectivity index is 1.78. The molecule has 0 saturated heterocycles. The SMILES string of the molecule is CSc1cccc(NC(=O)Cn2c(-c3cccs3)n[nH]c2=S)c1. The van der Waals surface area contributed by atoms with E-state index in [1.165, 1.54) is 0 Å². The Hall–Kier alpha value is -1.90. The summed E-state index contributed by atoms with van der Waals surface area (Å²) in [5.74, 6) is 0.538. The van der Waals surface area contributed by atoms with Gasteiger partial charge in [0.05, 0.1) is 4.88 Å². The third-order valence-electron chi connectivity index (χ3n) is 3.16. The van der Waals surface area contributed by atoms with Crippen molar-refractivity contribution in [2.75, 3.05) is 11.6 Å². The molecule has 0 radical (unpaired) electrons. The van der Waals surface area contributed by atoms with Crippen molar-refractivity contribution in [3.8, 4) is 10.7 Å². The summed E-state index contributed by atoms with van der Waals surface area (Å²) >= 11 is 8.42. The van der Waals surface area contributed by atoms with Crippen LogP contribution in [0.3, 0.4) is 0 Å². The zero-order valence-corrected chi connectivity index (χ0v) is 14.7. The molecule has 2 aromatic heterocycles. The number of rotatable bonds is 5. The summed E-state index contributed by atoms with van der Waals surface area (Å²) in [5, 5.41) is 11.8. The molecule has 0 atom stereocenters. The second kappa shape index (κ2) is 7.12. The number of hydrogen-bond donors (Lipinski definition) is 2. The zero-order valence-electron chi connectivity index (χ0n) is 12.3. The number of nitrogens with zero attached hydrogens (tertiary/aromatic N) is 2. The Labute approximate surface area is 146 Å². The van der Waals surface area contributed by atoms with Gasteiger partial charge in [-0.05, 0) is 48.1 Å². The van der Waals surface area contributed by atoms with Crippen LogP contribution in [0.1, 0.15) is 0 Å². The van der Waals surface area contributed by atoms with E-state index in [0.717, 1.165) is 15.5 Å². The van der Waals surface area contributed by atoms with Crippen LogP contribution in [0.5, 0.6) is 0 Å². The number of amides is 1. The first-order valence-corrected chi connectivity index (χ1v) is 9.31. The number of hydrogen-bond acceptors (Lipinski definition) is 5. The number of aromatic amines is 1. The lowest BCUT2D eigenvalue weighted by molar-refractivity contribution is -0.116. The van der Waals surface area contributed by atoms with Gasteiger partial charge in [-0.15, -0.1) is 23.1 Å². The Morgan fingerprint density at radius 1 is 1.43 bits per heavy atom. The average molecular weight is 363 g/mol. The van der Waals surface area contributed by atoms with Gasteiger partial charge in [0.2, 0.25) is 5.91 Å². The molecule has 23 heavy (non-hydrogen) atoms. The average Bonchev–Trinajstić information content (AvgIpc) is 3.18. The van der Waals surface area contributed by atoms with Crippen molar-refractivity contribution in [2.45, 2.75) is 11.4 Å². The van der Waals surface area contributed by atoms with Gasteiger partial charge in [0.25, 0.3) is 0 Å². The highest BCUT2D eigenvalue weighted by Crippen LogP contribution is 2.23. The summed E-state index contributed by atoms with van der Waals surface area (Å²) in [6.07, 6.45) is 2.00. The van der Waals surface area contributed by atoms with Crippen LogP contribution >= 0.6 is 35.3 Å². The van der Waals surface area contributed by atoms with Gasteiger partial charge in [-0.3, -0.25) is 14.5 Å². The van der Waals surface area contributed by atoms with Crippen molar-refractivity contribution in [2.24, 2.45) is 0 Å². The van der Waals surface area contributed by atoms with Crippen molar-refractivity contribution < 1.29 is 4.79 Å². The first-order chi connectivity index (χ1) is 11.2. The number of aromatic nitrogens is 3. The van der Waals surface area contributed by atoms with E-state index in [2.05, 4.69) is 15.5 Å². The topological polar surface area (TPSA) is 62.7 Å². The van der Waals surface area contributed by atoms with Gasteiger partial charge in [0.15, 0.2) is 10.6 Å². The fourth-order valence-electron chi connectivity index (χ4n) is 2.10. The van der Waals surface area contributed by atoms with Gasteiger partial charge in [0.1, 0.15) is 6.54 Å². The Morgan fingerprint density at radius 2 is 2.30 bits per heavy atom. The molecule has 0 bridgehead atoms. The summed E-state index contributed by atoms with van der Waals surface area (Å²) in [4.78, 5) is 14.4. The monoisotopic (exact) mass is 362 g/mol. The molecule has 118 valence electrons. The number of thiophene rings is 1. The van der Waals surface area contributed by atoms with E-state index in [4.69, 9.17) is 12.2 Å². The normalized spacial score (nSPS) is 10.7. The smallest absolute Gasteiger partial charge is 0.244 e. The first kappa shape index (κ1) is 16.0. The molecule has 0 fully saturated rings. The molecule has 0 aliphatic rings. The van der Waals surface area contributed by atoms with Gasteiger partial charge in [-0.2, -0.15) is 5.10 Å². The largest absolute Gasteiger partial charge is 0.324 e. The van der Waals surface area contributed by atoms with E-state index in [-0.39, 0.29) is 12.5 Å². The van der Waals surface area contributed by atoms with Crippen LogP contribution in [0.25, 0.3) is 10.7 Å². The van der Waals surface area contributed by atoms with Gasteiger partial charge in [-0.25, -0.2) is 0 Å². The highest BCUT2D eigenvalue weighted by molar-refractivity contribution is 7.98. The molecule has 1 amide bonds. The maximum absolute atomic E-state index is 12.3. The number of carbonyl (C=O) groups excluding carboxylic acids is 1. The minimum Gasteiger partial charge on any atom is -0.324 e. The molecular weight excluding hydrogens is 348 g/mol. The Morgan fingerprint density at radius 3 is 3.04 bits per heavy atom. The van der Waals surface area contributed by atoms with Crippen molar-refractivity contribution in [1.29, 1.82) is 0 Å². The molecule has 0 saturated carbocycles. The molecule has 2 N–H and O–H groups in total. The number of benzene rings is 1. The molecule has 3 rings (SSSR count). The van der Waals surface area contributed by atoms with Crippen LogP contribution in [-0.2, 0) is 11.3 Å². The first-order valence-electron chi connectivity index (χ1n) is 6.80. The number of thioether (sulfide) groups is 1. The molecule has 1 aromatic carbocycles. The maximum Gasteiger partial charge on any atom is 0.244 e. The van der Waals surface area contributed by atoms with Crippen LogP contribution in [0, 0.1) is 4.77 Å². The predicted molar refractivity (Wildman–Crippen MR) is 97.6 cm³/mol. The molecule has 0 spiro atoms. The van der Waals surface area contributed by atoms with E-state index in [9.17, 15) is 4.79 Å². The molecule has 0 aliphatic carbocycles. The molecule has 2 heterocycles. The molecule has 3 aromatic rings. The van der Waals surface area contributed by atoms with Crippen molar-refractivity contribution in [3.63, 3.8) is 0 Å². The molecule has 8 heteroatoms. The van der Waals surface area contributed by atoms with Gasteiger partial charge < -0.3 is 5.32 Å². The van der Waals surface area contributed by atoms with E-state index in [0.29, 0.717) is 10.6 Å². The maximum atomic E-state index is 12.3. The van der Waals surface area contributed by atoms with Crippen LogP contribution < -0.4 is 5.32 Å². The van der Waals surface area contributed by atoms with Crippen LogP contribution in [0.4, 0.5) is 5.69 Å². The second-order valence-electron chi connectivity index (χ2n) is 4.70. The van der Waals surface area contributed by atoms with E-state index >= 15 is 0 Å². The number of H-pyrrole nitrogens is 1. The van der Waals surface area contributed by atoms with Crippen molar-refractivity contribution in [3.05, 3.63) is 46.5 Å². The fraction of sp³-hybridized carbons (Fsp3) is 0.133. The summed E-state index contributed by atoms with van der Waals surface area (Å²) in [6.45, 7) is 0.117. The Bertz CT molecular complexity index is 867. The lowest BCUT2D eigenvalue weighted by Crippen LogP contribution is -2.19. The molecule has 0 aliphatic heterocycles. The van der Waals surface area contributed by atoms with Crippen molar-refractivity contribution >= 4 is 46.9 Å². The highest BCUT2D eigenvalue weighted by Gasteiger charge is 2.13. The minimum absolute atomic E-state index is 0.117. The Kier molecular flexibility index (Phi) is 4.94. The van der Waals surface area contributed by atoms with Crippen LogP contribution in [0.15, 0.2) is 46.7 Å². The highest BCUT2D eigenvalue weighted by atomic mass is 32.2. The van der Waals surface area contributed by atoms with Gasteiger partial charge in [-0.1, -0.05) is 12.1 Å². The zero-order chi connectivity index (χ0) is 16.2. The van der Waals surface area contributed by atoms with Crippen LogP contribution in [-0.4, -0.2) is 26.9 Å². The van der Waals surface area contributed by atoms with Crippen molar-refractivity contribution in [1.82, 2.24) is 14.8 Å². The third kappa shape index (κ3) is 3.72. The lowest BCUT2D eigenvalue weighted by atomic mass is 10.3. The second-order valence-corrected chi connectivity index (χ2v) is 6.91. The van der Waals surface area contributed by atoms with E-state index in [1.54, 1.807) is 27.7 Å². The molecular formula is C15H14N4OS3. The number of anilines is 1. The summed E-state index contributed by atoms with van der Waals surface area (Å²) in [7, 11) is 0. The predicted octanol–water partition coefficient (Wildman–Crippen LogP) is 4.03. The number of carbonyl (C=O) groups is 1. The summed E-state index contributed by atoms with van der Waals surface area (Å²) < 4.78 is 2.14. The van der Waals surface area contributed by atoms with E-state index < -0.39 is 0 Å². The number of nitrogens with one attached hydrogen (secondary N) is 2. The minimum atomic E-state index is -0.140. The summed E-state index contributed by atoms with van der Waals surface area (Å²) in [6, 6.07) is 11.6. The van der Waals surface area contributed by atoms with E-state index in [1.807, 2.05) is 48.0 Å². The van der Waals surface area contributed by atoms with Gasteiger partial charge in [0, 0.05) is 10.6 Å².